The van der Waals surface area contributed by atoms with Gasteiger partial charge in [-0.2, -0.15) is 18.3 Å². The molecule has 0 saturated heterocycles. The van der Waals surface area contributed by atoms with E-state index in [4.69, 9.17) is 0 Å². The molecule has 2 aromatic rings. The summed E-state index contributed by atoms with van der Waals surface area (Å²) in [5.74, 6) is 0.130. The number of aryl methyl sites for hydroxylation is 1. The number of anilines is 1. The molecular formula is C14H14F3N3O. The summed E-state index contributed by atoms with van der Waals surface area (Å²) in [4.78, 5) is 11.0. The lowest BCUT2D eigenvalue weighted by Gasteiger charge is -2.09. The van der Waals surface area contributed by atoms with E-state index in [-0.39, 0.29) is 12.5 Å². The third-order valence-corrected chi connectivity index (χ3v) is 2.87. The van der Waals surface area contributed by atoms with Crippen LogP contribution in [0.5, 0.6) is 0 Å². The second kappa shape index (κ2) is 5.59. The third kappa shape index (κ3) is 3.84. The highest BCUT2D eigenvalue weighted by molar-refractivity contribution is 5.87. The van der Waals surface area contributed by atoms with E-state index in [1.807, 2.05) is 0 Å². The van der Waals surface area contributed by atoms with Gasteiger partial charge in [0.05, 0.1) is 12.1 Å². The maximum Gasteiger partial charge on any atom is 0.416 e. The minimum absolute atomic E-state index is 0.204. The molecule has 112 valence electrons. The molecule has 0 spiro atoms. The minimum Gasteiger partial charge on any atom is -0.309 e. The van der Waals surface area contributed by atoms with Crippen LogP contribution in [0.1, 0.15) is 23.7 Å². The van der Waals surface area contributed by atoms with Gasteiger partial charge < -0.3 is 5.32 Å². The first kappa shape index (κ1) is 15.1. The first-order chi connectivity index (χ1) is 9.75. The van der Waals surface area contributed by atoms with Crippen molar-refractivity contribution in [3.63, 3.8) is 0 Å². The standard InChI is InChI=1S/C14H14F3N3O/c1-9-6-13(18-10(2)21)19-20(9)8-11-4-3-5-12(7-11)14(15,16)17/h3-7H,8H2,1-2H3,(H,18,19,21). The predicted molar refractivity (Wildman–Crippen MR) is 71.8 cm³/mol. The SMILES string of the molecule is CC(=O)Nc1cc(C)n(Cc2cccc(C(F)(F)F)c2)n1. The number of nitrogens with zero attached hydrogens (tertiary/aromatic N) is 2. The number of aromatic nitrogens is 2. The van der Waals surface area contributed by atoms with E-state index >= 15 is 0 Å². The van der Waals surface area contributed by atoms with Crippen LogP contribution in [0, 0.1) is 6.92 Å². The van der Waals surface area contributed by atoms with Crippen molar-refractivity contribution in [3.8, 4) is 0 Å². The normalized spacial score (nSPS) is 11.5. The number of carbonyl (C=O) groups excluding carboxylic acids is 1. The molecule has 1 amide bonds. The monoisotopic (exact) mass is 297 g/mol. The minimum atomic E-state index is -4.36. The van der Waals surface area contributed by atoms with E-state index in [2.05, 4.69) is 10.4 Å². The Hall–Kier alpha value is -2.31. The highest BCUT2D eigenvalue weighted by Gasteiger charge is 2.30. The van der Waals surface area contributed by atoms with Crippen LogP contribution >= 0.6 is 0 Å². The van der Waals surface area contributed by atoms with Crippen molar-refractivity contribution in [1.29, 1.82) is 0 Å². The zero-order valence-corrected chi connectivity index (χ0v) is 11.5. The van der Waals surface area contributed by atoms with E-state index in [1.165, 1.54) is 13.0 Å². The Bertz CT molecular complexity index is 662. The summed E-state index contributed by atoms with van der Waals surface area (Å²) in [6, 6.07) is 6.76. The molecule has 0 radical (unpaired) electrons. The van der Waals surface area contributed by atoms with Crippen LogP contribution in [0.4, 0.5) is 19.0 Å². The third-order valence-electron chi connectivity index (χ3n) is 2.87. The van der Waals surface area contributed by atoms with E-state index in [0.29, 0.717) is 11.4 Å². The fraction of sp³-hybridized carbons (Fsp3) is 0.286. The van der Waals surface area contributed by atoms with Crippen LogP contribution in [0.15, 0.2) is 30.3 Å². The highest BCUT2D eigenvalue weighted by atomic mass is 19.4. The summed E-state index contributed by atoms with van der Waals surface area (Å²) in [7, 11) is 0. The van der Waals surface area contributed by atoms with Gasteiger partial charge in [0.15, 0.2) is 5.82 Å². The molecule has 0 aliphatic heterocycles. The van der Waals surface area contributed by atoms with Crippen molar-refractivity contribution in [3.05, 3.63) is 47.2 Å². The fourth-order valence-corrected chi connectivity index (χ4v) is 1.93. The molecule has 7 heteroatoms. The number of halogens is 3. The van der Waals surface area contributed by atoms with Crippen molar-refractivity contribution in [1.82, 2.24) is 9.78 Å². The van der Waals surface area contributed by atoms with Gasteiger partial charge in [-0.1, -0.05) is 12.1 Å². The predicted octanol–water partition coefficient (Wildman–Crippen LogP) is 3.22. The number of amides is 1. The molecule has 1 aromatic carbocycles. The van der Waals surface area contributed by atoms with Crippen molar-refractivity contribution in [2.75, 3.05) is 5.32 Å². The molecule has 0 bridgehead atoms. The number of carbonyl (C=O) groups is 1. The van der Waals surface area contributed by atoms with Crippen LogP contribution in [0.2, 0.25) is 0 Å². The van der Waals surface area contributed by atoms with Gasteiger partial charge in [-0.05, 0) is 24.6 Å². The first-order valence-electron chi connectivity index (χ1n) is 6.24. The lowest BCUT2D eigenvalue weighted by molar-refractivity contribution is -0.137. The molecule has 0 fully saturated rings. The summed E-state index contributed by atoms with van der Waals surface area (Å²) in [6.07, 6.45) is -4.36. The number of alkyl halides is 3. The Morgan fingerprint density at radius 2 is 2.05 bits per heavy atom. The quantitative estimate of drug-likeness (QED) is 0.945. The number of nitrogens with one attached hydrogen (secondary N) is 1. The smallest absolute Gasteiger partial charge is 0.309 e. The number of benzene rings is 1. The average Bonchev–Trinajstić information content (AvgIpc) is 2.68. The van der Waals surface area contributed by atoms with Gasteiger partial charge in [-0.3, -0.25) is 9.48 Å². The Morgan fingerprint density at radius 1 is 1.33 bits per heavy atom. The summed E-state index contributed by atoms with van der Waals surface area (Å²) in [6.45, 7) is 3.34. The molecule has 1 aromatic heterocycles. The van der Waals surface area contributed by atoms with Gasteiger partial charge in [0.25, 0.3) is 0 Å². The van der Waals surface area contributed by atoms with E-state index in [9.17, 15) is 18.0 Å². The second-order valence-corrected chi connectivity index (χ2v) is 4.71. The summed E-state index contributed by atoms with van der Waals surface area (Å²) in [5, 5.41) is 6.68. The zero-order valence-electron chi connectivity index (χ0n) is 11.5. The van der Waals surface area contributed by atoms with Crippen LogP contribution in [-0.2, 0) is 17.5 Å². The molecule has 2 rings (SSSR count). The summed E-state index contributed by atoms with van der Waals surface area (Å²) in [5.41, 5.74) is 0.549. The van der Waals surface area contributed by atoms with E-state index < -0.39 is 11.7 Å². The molecule has 0 unspecified atom stereocenters. The lowest BCUT2D eigenvalue weighted by Crippen LogP contribution is -2.09. The summed E-state index contributed by atoms with van der Waals surface area (Å²) >= 11 is 0. The molecule has 0 atom stereocenters. The zero-order chi connectivity index (χ0) is 15.6. The van der Waals surface area contributed by atoms with Crippen molar-refractivity contribution in [2.45, 2.75) is 26.6 Å². The van der Waals surface area contributed by atoms with Gasteiger partial charge in [0.1, 0.15) is 0 Å². The lowest BCUT2D eigenvalue weighted by atomic mass is 10.1. The van der Waals surface area contributed by atoms with Crippen molar-refractivity contribution >= 4 is 11.7 Å². The maximum absolute atomic E-state index is 12.7. The van der Waals surface area contributed by atoms with Crippen LogP contribution in [0.3, 0.4) is 0 Å². The Labute approximate surface area is 119 Å². The number of hydrogen-bond donors (Lipinski definition) is 1. The molecule has 1 N–H and O–H groups in total. The fourth-order valence-electron chi connectivity index (χ4n) is 1.93. The van der Waals surface area contributed by atoms with Gasteiger partial charge in [0.2, 0.25) is 5.91 Å². The van der Waals surface area contributed by atoms with Crippen LogP contribution in [-0.4, -0.2) is 15.7 Å². The molecular weight excluding hydrogens is 283 g/mol. The Morgan fingerprint density at radius 3 is 2.67 bits per heavy atom. The molecule has 0 saturated carbocycles. The van der Waals surface area contributed by atoms with Gasteiger partial charge in [0, 0.05) is 18.7 Å². The van der Waals surface area contributed by atoms with Crippen LogP contribution in [0.25, 0.3) is 0 Å². The van der Waals surface area contributed by atoms with E-state index in [1.54, 1.807) is 23.7 Å². The second-order valence-electron chi connectivity index (χ2n) is 4.71. The van der Waals surface area contributed by atoms with Crippen molar-refractivity contribution < 1.29 is 18.0 Å². The molecule has 4 nitrogen and oxygen atoms in total. The maximum atomic E-state index is 12.7. The first-order valence-corrected chi connectivity index (χ1v) is 6.24. The van der Waals surface area contributed by atoms with Gasteiger partial charge in [-0.15, -0.1) is 0 Å². The Balaban J connectivity index is 2.22. The average molecular weight is 297 g/mol. The van der Waals surface area contributed by atoms with Crippen molar-refractivity contribution in [2.24, 2.45) is 0 Å². The molecule has 0 aliphatic rings. The largest absolute Gasteiger partial charge is 0.416 e. The molecule has 21 heavy (non-hydrogen) atoms. The summed E-state index contributed by atoms with van der Waals surface area (Å²) < 4.78 is 39.5. The Kier molecular flexibility index (Phi) is 4.02. The number of rotatable bonds is 3. The highest BCUT2D eigenvalue weighted by Crippen LogP contribution is 2.29. The molecule has 1 heterocycles. The van der Waals surface area contributed by atoms with Gasteiger partial charge >= 0.3 is 6.18 Å². The molecule has 0 aliphatic carbocycles. The van der Waals surface area contributed by atoms with E-state index in [0.717, 1.165) is 17.8 Å². The topological polar surface area (TPSA) is 46.9 Å². The van der Waals surface area contributed by atoms with Crippen LogP contribution < -0.4 is 5.32 Å². The number of hydrogen-bond acceptors (Lipinski definition) is 2. The van der Waals surface area contributed by atoms with Gasteiger partial charge in [-0.25, -0.2) is 0 Å².